The second-order valence-electron chi connectivity index (χ2n) is 4.28. The summed E-state index contributed by atoms with van der Waals surface area (Å²) < 4.78 is 3.76. The Hall–Kier alpha value is -1.52. The van der Waals surface area contributed by atoms with Gasteiger partial charge in [0.15, 0.2) is 5.82 Å². The summed E-state index contributed by atoms with van der Waals surface area (Å²) in [5.41, 5.74) is 1.85. The van der Waals surface area contributed by atoms with Crippen molar-refractivity contribution in [3.63, 3.8) is 0 Å². The van der Waals surface area contributed by atoms with Crippen LogP contribution in [0.25, 0.3) is 16.9 Å². The van der Waals surface area contributed by atoms with Crippen LogP contribution in [-0.4, -0.2) is 25.2 Å². The molecule has 0 bridgehead atoms. The van der Waals surface area contributed by atoms with Crippen LogP contribution >= 0.6 is 23.2 Å². The van der Waals surface area contributed by atoms with Gasteiger partial charge in [0.25, 0.3) is 0 Å². The first-order chi connectivity index (χ1) is 9.19. The molecule has 0 radical (unpaired) electrons. The van der Waals surface area contributed by atoms with E-state index in [1.165, 1.54) is 0 Å². The normalized spacial score (nSPS) is 11.3. The summed E-state index contributed by atoms with van der Waals surface area (Å²) in [6, 6.07) is 7.59. The molecule has 19 heavy (non-hydrogen) atoms. The van der Waals surface area contributed by atoms with E-state index >= 15 is 0 Å². The van der Waals surface area contributed by atoms with E-state index in [9.17, 15) is 0 Å². The van der Waals surface area contributed by atoms with Gasteiger partial charge in [0.05, 0.1) is 11.0 Å². The number of halogens is 2. The highest BCUT2D eigenvalue weighted by Crippen LogP contribution is 2.24. The van der Waals surface area contributed by atoms with Crippen molar-refractivity contribution in [3.8, 4) is 5.82 Å². The first-order valence-corrected chi connectivity index (χ1v) is 6.83. The van der Waals surface area contributed by atoms with E-state index < -0.39 is 0 Å². The molecule has 4 nitrogen and oxygen atoms in total. The van der Waals surface area contributed by atoms with Gasteiger partial charge in [0.2, 0.25) is 0 Å². The van der Waals surface area contributed by atoms with E-state index in [0.717, 1.165) is 22.7 Å². The molecule has 6 heteroatoms. The summed E-state index contributed by atoms with van der Waals surface area (Å²) in [5, 5.41) is 5.11. The molecule has 0 aliphatic rings. The zero-order chi connectivity index (χ0) is 13.4. The minimum absolute atomic E-state index is 0.518. The average molecular weight is 295 g/mol. The van der Waals surface area contributed by atoms with Crippen molar-refractivity contribution in [1.82, 2.24) is 19.3 Å². The molecule has 0 fully saturated rings. The van der Waals surface area contributed by atoms with Crippen LogP contribution in [0.1, 0.15) is 5.82 Å². The Morgan fingerprint density at radius 2 is 2.11 bits per heavy atom. The second-order valence-corrected chi connectivity index (χ2v) is 5.10. The summed E-state index contributed by atoms with van der Waals surface area (Å²) in [7, 11) is 1.89. The Labute approximate surface area is 120 Å². The Kier molecular flexibility index (Phi) is 3.21. The summed E-state index contributed by atoms with van der Waals surface area (Å²) in [4.78, 5) is 4.60. The highest BCUT2D eigenvalue weighted by Gasteiger charge is 2.14. The molecule has 1 aromatic carbocycles. The molecule has 0 aliphatic heterocycles. The molecule has 0 atom stereocenters. The van der Waals surface area contributed by atoms with Crippen LogP contribution in [0.5, 0.6) is 0 Å². The third-order valence-electron chi connectivity index (χ3n) is 2.93. The van der Waals surface area contributed by atoms with Gasteiger partial charge in [0.1, 0.15) is 5.82 Å². The molecule has 3 rings (SSSR count). The number of aromatic nitrogens is 4. The fourth-order valence-electron chi connectivity index (χ4n) is 2.13. The molecule has 2 aromatic heterocycles. The minimum atomic E-state index is 0.518. The van der Waals surface area contributed by atoms with Crippen molar-refractivity contribution < 1.29 is 0 Å². The highest BCUT2D eigenvalue weighted by molar-refractivity contribution is 6.31. The maximum absolute atomic E-state index is 6.08. The largest absolute Gasteiger partial charge is 0.279 e. The number of fused-ring (bicyclic) bond motifs is 1. The number of hydrogen-bond acceptors (Lipinski definition) is 2. The molecule has 0 saturated heterocycles. The van der Waals surface area contributed by atoms with Crippen LogP contribution in [0.15, 0.2) is 30.5 Å². The van der Waals surface area contributed by atoms with Gasteiger partial charge in [0, 0.05) is 36.6 Å². The van der Waals surface area contributed by atoms with E-state index in [-0.39, 0.29) is 0 Å². The molecule has 2 heterocycles. The number of aryl methyl sites for hydroxylation is 2. The fourth-order valence-corrected chi connectivity index (χ4v) is 2.46. The predicted octanol–water partition coefficient (Wildman–Crippen LogP) is 3.19. The van der Waals surface area contributed by atoms with Crippen LogP contribution in [0, 0.1) is 0 Å². The van der Waals surface area contributed by atoms with Gasteiger partial charge in [-0.15, -0.1) is 11.6 Å². The molecule has 0 saturated carbocycles. The quantitative estimate of drug-likeness (QED) is 0.696. The van der Waals surface area contributed by atoms with Gasteiger partial charge in [-0.2, -0.15) is 5.10 Å². The van der Waals surface area contributed by atoms with E-state index in [0.29, 0.717) is 17.3 Å². The summed E-state index contributed by atoms with van der Waals surface area (Å²) in [6.07, 6.45) is 2.58. The van der Waals surface area contributed by atoms with Crippen molar-refractivity contribution >= 4 is 34.2 Å². The topological polar surface area (TPSA) is 35.6 Å². The summed E-state index contributed by atoms with van der Waals surface area (Å²) >= 11 is 11.9. The van der Waals surface area contributed by atoms with Crippen molar-refractivity contribution in [1.29, 1.82) is 0 Å². The zero-order valence-corrected chi connectivity index (χ0v) is 11.9. The zero-order valence-electron chi connectivity index (χ0n) is 10.3. The summed E-state index contributed by atoms with van der Waals surface area (Å²) in [6.45, 7) is 0. The number of imidazole rings is 1. The van der Waals surface area contributed by atoms with Crippen molar-refractivity contribution in [2.75, 3.05) is 5.88 Å². The maximum Gasteiger partial charge on any atom is 0.160 e. The molecule has 0 spiro atoms. The van der Waals surface area contributed by atoms with E-state index in [1.54, 1.807) is 4.68 Å². The van der Waals surface area contributed by atoms with Crippen LogP contribution in [0.4, 0.5) is 0 Å². The number of alkyl halides is 1. The number of hydrogen-bond donors (Lipinski definition) is 0. The fraction of sp³-hybridized carbons (Fsp3) is 0.231. The van der Waals surface area contributed by atoms with Gasteiger partial charge in [-0.05, 0) is 18.2 Å². The Morgan fingerprint density at radius 3 is 2.79 bits per heavy atom. The predicted molar refractivity (Wildman–Crippen MR) is 77.3 cm³/mol. The van der Waals surface area contributed by atoms with Crippen molar-refractivity contribution in [2.24, 2.45) is 7.05 Å². The van der Waals surface area contributed by atoms with Gasteiger partial charge >= 0.3 is 0 Å². The van der Waals surface area contributed by atoms with Crippen LogP contribution in [-0.2, 0) is 13.5 Å². The molecule has 0 unspecified atom stereocenters. The van der Waals surface area contributed by atoms with Gasteiger partial charge in [-0.25, -0.2) is 4.98 Å². The van der Waals surface area contributed by atoms with E-state index in [1.807, 2.05) is 42.1 Å². The standard InChI is InChI=1S/C13H12Cl2N4/c1-18-7-5-13(17-18)19-11-8-9(15)2-3-10(11)16-12(19)4-6-14/h2-3,5,7-8H,4,6H2,1H3. The van der Waals surface area contributed by atoms with Crippen LogP contribution in [0.3, 0.4) is 0 Å². The third-order valence-corrected chi connectivity index (χ3v) is 3.36. The average Bonchev–Trinajstić information content (AvgIpc) is 2.93. The second kappa shape index (κ2) is 4.87. The molecule has 3 aromatic rings. The molecule has 0 amide bonds. The Morgan fingerprint density at radius 1 is 1.26 bits per heavy atom. The monoisotopic (exact) mass is 294 g/mol. The van der Waals surface area contributed by atoms with E-state index in [4.69, 9.17) is 23.2 Å². The Bertz CT molecular complexity index is 729. The highest BCUT2D eigenvalue weighted by atomic mass is 35.5. The lowest BCUT2D eigenvalue weighted by Crippen LogP contribution is -2.03. The van der Waals surface area contributed by atoms with Crippen LogP contribution in [0.2, 0.25) is 5.02 Å². The van der Waals surface area contributed by atoms with Gasteiger partial charge in [-0.1, -0.05) is 11.6 Å². The number of benzene rings is 1. The Balaban J connectivity index is 2.29. The molecule has 0 N–H and O–H groups in total. The lowest BCUT2D eigenvalue weighted by Gasteiger charge is -2.04. The van der Waals surface area contributed by atoms with Crippen molar-refractivity contribution in [2.45, 2.75) is 6.42 Å². The lowest BCUT2D eigenvalue weighted by atomic mass is 10.3. The first-order valence-electron chi connectivity index (χ1n) is 5.92. The lowest BCUT2D eigenvalue weighted by molar-refractivity contribution is 0.746. The van der Waals surface area contributed by atoms with E-state index in [2.05, 4.69) is 10.1 Å². The molecule has 98 valence electrons. The first kappa shape index (κ1) is 12.5. The van der Waals surface area contributed by atoms with Gasteiger partial charge in [-0.3, -0.25) is 9.25 Å². The molecule has 0 aliphatic carbocycles. The number of nitrogens with zero attached hydrogens (tertiary/aromatic N) is 4. The minimum Gasteiger partial charge on any atom is -0.279 e. The number of rotatable bonds is 3. The van der Waals surface area contributed by atoms with Crippen molar-refractivity contribution in [3.05, 3.63) is 41.3 Å². The SMILES string of the molecule is Cn1ccc(-n2c(CCCl)nc3ccc(Cl)cc32)n1. The molecular weight excluding hydrogens is 283 g/mol. The molecular formula is C13H12Cl2N4. The summed E-state index contributed by atoms with van der Waals surface area (Å²) in [5.74, 6) is 2.24. The van der Waals surface area contributed by atoms with Crippen LogP contribution < -0.4 is 0 Å². The smallest absolute Gasteiger partial charge is 0.160 e. The maximum atomic E-state index is 6.08. The third kappa shape index (κ3) is 2.22. The van der Waals surface area contributed by atoms with Gasteiger partial charge < -0.3 is 0 Å².